The minimum absolute atomic E-state index is 0.117. The van der Waals surface area contributed by atoms with Gasteiger partial charge in [-0.25, -0.2) is 0 Å². The molecule has 48 valence electrons. The molecule has 0 N–H and O–H groups in total. The van der Waals surface area contributed by atoms with E-state index in [4.69, 9.17) is 0 Å². The van der Waals surface area contributed by atoms with E-state index in [-0.39, 0.29) is 5.78 Å². The van der Waals surface area contributed by atoms with Crippen LogP contribution in [0.15, 0.2) is 16.6 Å². The number of Topliss-reactive ketones (excluding diaryl/α,β-unsaturated/α-hetero) is 1. The number of rotatable bonds is 0. The summed E-state index contributed by atoms with van der Waals surface area (Å²) in [6.07, 6.45) is 3.62. The van der Waals surface area contributed by atoms with E-state index in [2.05, 4.69) is 4.99 Å². The monoisotopic (exact) mass is 141 g/mol. The molecule has 3 heteroatoms. The molecule has 0 aliphatic carbocycles. The molecule has 0 fully saturated rings. The van der Waals surface area contributed by atoms with Crippen LogP contribution in [0.4, 0.5) is 0 Å². The van der Waals surface area contributed by atoms with Crippen LogP contribution in [-0.2, 0) is 4.79 Å². The van der Waals surface area contributed by atoms with Crippen LogP contribution < -0.4 is 0 Å². The average molecular weight is 141 g/mol. The van der Waals surface area contributed by atoms with Gasteiger partial charge in [-0.15, -0.1) is 11.8 Å². The first-order chi connectivity index (χ1) is 4.39. The fraction of sp³-hybridized carbons (Fsp3) is 0.333. The Morgan fingerprint density at radius 2 is 2.56 bits per heavy atom. The van der Waals surface area contributed by atoms with Gasteiger partial charge in [-0.1, -0.05) is 0 Å². The molecule has 2 nitrogen and oxygen atoms in total. The van der Waals surface area contributed by atoms with E-state index in [1.165, 1.54) is 6.21 Å². The van der Waals surface area contributed by atoms with Gasteiger partial charge in [0.1, 0.15) is 0 Å². The second-order valence-electron chi connectivity index (χ2n) is 1.65. The quantitative estimate of drug-likeness (QED) is 0.508. The predicted octanol–water partition coefficient (Wildman–Crippen LogP) is 1.23. The molecule has 0 aromatic rings. The van der Waals surface area contributed by atoms with Gasteiger partial charge in [0.15, 0.2) is 5.78 Å². The fourth-order valence-corrected chi connectivity index (χ4v) is 1.11. The number of thioether (sulfide) groups is 1. The molecule has 0 unspecified atom stereocenters. The molecule has 1 heterocycles. The second kappa shape index (κ2) is 3.45. The summed E-state index contributed by atoms with van der Waals surface area (Å²) < 4.78 is 0. The Bertz CT molecular complexity index is 162. The average Bonchev–Trinajstić information content (AvgIpc) is 1.79. The predicted molar refractivity (Wildman–Crippen MR) is 39.7 cm³/mol. The lowest BCUT2D eigenvalue weighted by molar-refractivity contribution is -0.112. The Morgan fingerprint density at radius 3 is 3.44 bits per heavy atom. The second-order valence-corrected chi connectivity index (χ2v) is 2.66. The Kier molecular flexibility index (Phi) is 2.51. The zero-order valence-corrected chi connectivity index (χ0v) is 5.73. The van der Waals surface area contributed by atoms with Crippen molar-refractivity contribution in [3.63, 3.8) is 0 Å². The number of aliphatic imine (C=N–C) groups is 1. The highest BCUT2D eigenvalue weighted by Crippen LogP contribution is 2.05. The third-order valence-corrected chi connectivity index (χ3v) is 1.68. The number of nitrogens with zero attached hydrogens (tertiary/aromatic N) is 1. The molecule has 1 rings (SSSR count). The van der Waals surface area contributed by atoms with Crippen molar-refractivity contribution in [3.8, 4) is 0 Å². The van der Waals surface area contributed by atoms with Crippen molar-refractivity contribution in [2.45, 2.75) is 6.42 Å². The van der Waals surface area contributed by atoms with Crippen LogP contribution in [0.5, 0.6) is 0 Å². The van der Waals surface area contributed by atoms with Crippen molar-refractivity contribution < 1.29 is 4.79 Å². The summed E-state index contributed by atoms with van der Waals surface area (Å²) in [6.45, 7) is 0. The number of ketones is 1. The van der Waals surface area contributed by atoms with E-state index < -0.39 is 0 Å². The number of carbonyl (C=O) groups is 1. The van der Waals surface area contributed by atoms with E-state index in [1.54, 1.807) is 18.0 Å². The normalized spacial score (nSPS) is 19.3. The standard InChI is InChI=1S/C6H7NOS/c8-6-1-3-9-4-2-7-5-6/h2,4-5H,1,3H2. The van der Waals surface area contributed by atoms with Crippen molar-refractivity contribution in [3.05, 3.63) is 11.6 Å². The van der Waals surface area contributed by atoms with E-state index >= 15 is 0 Å². The van der Waals surface area contributed by atoms with Crippen LogP contribution in [0.1, 0.15) is 6.42 Å². The first-order valence-corrected chi connectivity index (χ1v) is 3.77. The van der Waals surface area contributed by atoms with Gasteiger partial charge in [0.05, 0.1) is 6.21 Å². The van der Waals surface area contributed by atoms with Gasteiger partial charge in [0, 0.05) is 18.4 Å². The van der Waals surface area contributed by atoms with Crippen LogP contribution in [0.25, 0.3) is 0 Å². The molecular weight excluding hydrogens is 134 g/mol. The summed E-state index contributed by atoms with van der Waals surface area (Å²) in [5.41, 5.74) is 0. The van der Waals surface area contributed by atoms with Crippen LogP contribution in [-0.4, -0.2) is 17.8 Å². The number of carbonyl (C=O) groups excluding carboxylic acids is 1. The molecule has 1 aliphatic heterocycles. The summed E-state index contributed by atoms with van der Waals surface area (Å²) in [5, 5.41) is 1.89. The summed E-state index contributed by atoms with van der Waals surface area (Å²) in [7, 11) is 0. The van der Waals surface area contributed by atoms with Crippen molar-refractivity contribution >= 4 is 23.8 Å². The van der Waals surface area contributed by atoms with Crippen molar-refractivity contribution in [1.82, 2.24) is 0 Å². The fourth-order valence-electron chi connectivity index (χ4n) is 0.496. The highest BCUT2D eigenvalue weighted by molar-refractivity contribution is 8.02. The molecule has 0 amide bonds. The van der Waals surface area contributed by atoms with E-state index in [9.17, 15) is 4.79 Å². The van der Waals surface area contributed by atoms with Crippen LogP contribution in [0.3, 0.4) is 0 Å². The molecule has 0 saturated carbocycles. The maximum Gasteiger partial charge on any atom is 0.174 e. The molecule has 9 heavy (non-hydrogen) atoms. The minimum Gasteiger partial charge on any atom is -0.293 e. The summed E-state index contributed by atoms with van der Waals surface area (Å²) >= 11 is 1.62. The van der Waals surface area contributed by atoms with Gasteiger partial charge in [-0.05, 0) is 5.41 Å². The molecular formula is C6H7NOS. The smallest absolute Gasteiger partial charge is 0.174 e. The van der Waals surface area contributed by atoms with Crippen LogP contribution in [0.2, 0.25) is 0 Å². The first-order valence-electron chi connectivity index (χ1n) is 2.72. The molecule has 0 atom stereocenters. The lowest BCUT2D eigenvalue weighted by Gasteiger charge is -1.93. The largest absolute Gasteiger partial charge is 0.293 e. The van der Waals surface area contributed by atoms with Gasteiger partial charge in [-0.3, -0.25) is 9.79 Å². The van der Waals surface area contributed by atoms with Crippen molar-refractivity contribution in [2.24, 2.45) is 4.99 Å². The highest BCUT2D eigenvalue weighted by atomic mass is 32.2. The Hall–Kier alpha value is -0.570. The Balaban J connectivity index is 2.54. The van der Waals surface area contributed by atoms with E-state index in [1.807, 2.05) is 5.41 Å². The summed E-state index contributed by atoms with van der Waals surface area (Å²) in [4.78, 5) is 14.4. The molecule has 0 radical (unpaired) electrons. The number of hydrogen-bond acceptors (Lipinski definition) is 3. The topological polar surface area (TPSA) is 29.4 Å². The Morgan fingerprint density at radius 1 is 1.67 bits per heavy atom. The van der Waals surface area contributed by atoms with E-state index in [0.717, 1.165) is 5.75 Å². The molecule has 1 aliphatic rings. The molecule has 0 saturated heterocycles. The van der Waals surface area contributed by atoms with Gasteiger partial charge >= 0.3 is 0 Å². The SMILES string of the molecule is O=C1C=NC=CSCC1. The zero-order chi connectivity index (χ0) is 6.53. The van der Waals surface area contributed by atoms with Gasteiger partial charge in [-0.2, -0.15) is 0 Å². The van der Waals surface area contributed by atoms with Gasteiger partial charge < -0.3 is 0 Å². The first kappa shape index (κ1) is 6.55. The van der Waals surface area contributed by atoms with E-state index in [0.29, 0.717) is 6.42 Å². The maximum atomic E-state index is 10.6. The summed E-state index contributed by atoms with van der Waals surface area (Å²) in [6, 6.07) is 0. The molecule has 0 spiro atoms. The number of hydrogen-bond donors (Lipinski definition) is 0. The minimum atomic E-state index is 0.117. The van der Waals surface area contributed by atoms with Gasteiger partial charge in [0.2, 0.25) is 0 Å². The zero-order valence-electron chi connectivity index (χ0n) is 4.91. The van der Waals surface area contributed by atoms with Crippen LogP contribution >= 0.6 is 11.8 Å². The molecule has 0 bridgehead atoms. The highest BCUT2D eigenvalue weighted by Gasteiger charge is 1.96. The molecule has 0 aromatic carbocycles. The summed E-state index contributed by atoms with van der Waals surface area (Å²) in [5.74, 6) is 0.994. The lowest BCUT2D eigenvalue weighted by Crippen LogP contribution is -2.00. The Labute approximate surface area is 58.0 Å². The maximum absolute atomic E-state index is 10.6. The lowest BCUT2D eigenvalue weighted by atomic mass is 10.3. The molecule has 0 aromatic heterocycles. The van der Waals surface area contributed by atoms with Crippen LogP contribution in [0, 0.1) is 0 Å². The third-order valence-electron chi connectivity index (χ3n) is 0.928. The van der Waals surface area contributed by atoms with Crippen molar-refractivity contribution in [2.75, 3.05) is 5.75 Å². The van der Waals surface area contributed by atoms with Crippen molar-refractivity contribution in [1.29, 1.82) is 0 Å². The van der Waals surface area contributed by atoms with Gasteiger partial charge in [0.25, 0.3) is 0 Å². The third kappa shape index (κ3) is 2.46.